The highest BCUT2D eigenvalue weighted by molar-refractivity contribution is 6.01. The minimum absolute atomic E-state index is 0.135. The third-order valence-corrected chi connectivity index (χ3v) is 5.05. The molecule has 158 valence electrons. The molecule has 32 heavy (non-hydrogen) atoms. The van der Waals surface area contributed by atoms with E-state index in [-0.39, 0.29) is 5.57 Å². The first-order valence-corrected chi connectivity index (χ1v) is 9.74. The first kappa shape index (κ1) is 20.6. The smallest absolute Gasteiger partial charge is 0.259 e. The Morgan fingerprint density at radius 1 is 1.19 bits per heavy atom. The number of ether oxygens (including phenoxy) is 1. The normalized spacial score (nSPS) is 11.2. The molecule has 8 nitrogen and oxygen atoms in total. The number of hydrogen-bond acceptors (Lipinski definition) is 6. The van der Waals surface area contributed by atoms with Crippen LogP contribution in [-0.4, -0.2) is 35.0 Å². The summed E-state index contributed by atoms with van der Waals surface area (Å²) in [6, 6.07) is 13.2. The largest absolute Gasteiger partial charge is 0.497 e. The molecule has 4 N–H and O–H groups in total. The summed E-state index contributed by atoms with van der Waals surface area (Å²) in [5.41, 5.74) is 10.2. The highest BCUT2D eigenvalue weighted by Gasteiger charge is 2.12. The Hall–Kier alpha value is -4.64. The number of nitriles is 1. The molecule has 0 aliphatic carbocycles. The van der Waals surface area contributed by atoms with Crippen LogP contribution in [0, 0.1) is 11.3 Å². The second kappa shape index (κ2) is 8.62. The van der Waals surface area contributed by atoms with Crippen LogP contribution in [0.25, 0.3) is 39.4 Å². The summed E-state index contributed by atoms with van der Waals surface area (Å²) >= 11 is 0. The molecule has 3 heterocycles. The van der Waals surface area contributed by atoms with Gasteiger partial charge < -0.3 is 20.8 Å². The number of methoxy groups -OCH3 is 1. The number of nitrogens with one attached hydrogen (secondary N) is 2. The number of carbonyl (C=O) groups excluding carboxylic acids is 1. The van der Waals surface area contributed by atoms with E-state index < -0.39 is 5.91 Å². The molecule has 0 atom stereocenters. The zero-order chi connectivity index (χ0) is 22.7. The Kier molecular flexibility index (Phi) is 5.55. The number of rotatable bonds is 6. The second-order valence-corrected chi connectivity index (χ2v) is 7.03. The van der Waals surface area contributed by atoms with Gasteiger partial charge in [0.15, 0.2) is 0 Å². The fourth-order valence-electron chi connectivity index (χ4n) is 3.45. The molecule has 1 amide bonds. The molecule has 1 aromatic carbocycles. The molecule has 0 fully saturated rings. The van der Waals surface area contributed by atoms with Crippen LogP contribution in [0.5, 0.6) is 5.75 Å². The summed E-state index contributed by atoms with van der Waals surface area (Å²) < 4.78 is 5.41. The molecule has 0 saturated heterocycles. The minimum atomic E-state index is -0.782. The van der Waals surface area contributed by atoms with Crippen LogP contribution in [0.3, 0.4) is 0 Å². The number of aromatic nitrogens is 3. The van der Waals surface area contributed by atoms with Crippen molar-refractivity contribution in [2.45, 2.75) is 0 Å². The van der Waals surface area contributed by atoms with Gasteiger partial charge in [-0.3, -0.25) is 4.79 Å². The van der Waals surface area contributed by atoms with Gasteiger partial charge >= 0.3 is 0 Å². The predicted molar refractivity (Wildman–Crippen MR) is 124 cm³/mol. The molecule has 0 spiro atoms. The van der Waals surface area contributed by atoms with Gasteiger partial charge in [0.25, 0.3) is 5.91 Å². The predicted octanol–water partition coefficient (Wildman–Crippen LogP) is 3.73. The van der Waals surface area contributed by atoms with Crippen molar-refractivity contribution in [2.24, 2.45) is 5.73 Å². The van der Waals surface area contributed by atoms with Gasteiger partial charge in [-0.15, -0.1) is 0 Å². The van der Waals surface area contributed by atoms with Crippen LogP contribution in [0.1, 0.15) is 5.56 Å². The van der Waals surface area contributed by atoms with E-state index in [1.807, 2.05) is 49.6 Å². The molecule has 3 aromatic heterocycles. The van der Waals surface area contributed by atoms with Crippen molar-refractivity contribution in [2.75, 3.05) is 19.5 Å². The number of hydrogen-bond donors (Lipinski definition) is 3. The zero-order valence-electron chi connectivity index (χ0n) is 17.5. The Labute approximate surface area is 184 Å². The number of pyridine rings is 2. The Morgan fingerprint density at radius 2 is 2.03 bits per heavy atom. The van der Waals surface area contributed by atoms with Crippen LogP contribution in [0.2, 0.25) is 0 Å². The summed E-state index contributed by atoms with van der Waals surface area (Å²) in [6.45, 7) is 0. The lowest BCUT2D eigenvalue weighted by molar-refractivity contribution is -0.114. The molecule has 0 radical (unpaired) electrons. The van der Waals surface area contributed by atoms with Gasteiger partial charge in [-0.05, 0) is 59.2 Å². The maximum Gasteiger partial charge on any atom is 0.259 e. The first-order valence-electron chi connectivity index (χ1n) is 9.74. The maximum atomic E-state index is 11.5. The summed E-state index contributed by atoms with van der Waals surface area (Å²) in [4.78, 5) is 23.5. The maximum absolute atomic E-state index is 11.5. The number of primary amides is 1. The van der Waals surface area contributed by atoms with Gasteiger partial charge in [0, 0.05) is 42.2 Å². The van der Waals surface area contributed by atoms with Gasteiger partial charge in [-0.2, -0.15) is 5.26 Å². The van der Waals surface area contributed by atoms with E-state index in [2.05, 4.69) is 20.3 Å². The van der Waals surface area contributed by atoms with Gasteiger partial charge in [0.05, 0.1) is 7.11 Å². The summed E-state index contributed by atoms with van der Waals surface area (Å²) in [5.74, 6) is 0.570. The zero-order valence-corrected chi connectivity index (χ0v) is 17.5. The third-order valence-electron chi connectivity index (χ3n) is 5.05. The number of benzene rings is 1. The molecule has 0 bridgehead atoms. The van der Waals surface area contributed by atoms with E-state index in [4.69, 9.17) is 15.7 Å². The van der Waals surface area contributed by atoms with E-state index in [9.17, 15) is 4.79 Å². The number of carbonyl (C=O) groups is 1. The minimum Gasteiger partial charge on any atom is -0.497 e. The Bertz CT molecular complexity index is 1400. The quantitative estimate of drug-likeness (QED) is 0.319. The fourth-order valence-corrected chi connectivity index (χ4v) is 3.45. The van der Waals surface area contributed by atoms with Crippen molar-refractivity contribution in [1.82, 2.24) is 15.0 Å². The summed E-state index contributed by atoms with van der Waals surface area (Å²) in [6.07, 6.45) is 6.87. The van der Waals surface area contributed by atoms with Crippen LogP contribution in [0.15, 0.2) is 60.6 Å². The van der Waals surface area contributed by atoms with E-state index in [0.29, 0.717) is 11.3 Å². The van der Waals surface area contributed by atoms with Gasteiger partial charge in [0.1, 0.15) is 28.9 Å². The van der Waals surface area contributed by atoms with Crippen LogP contribution >= 0.6 is 0 Å². The van der Waals surface area contributed by atoms with Crippen molar-refractivity contribution in [3.8, 4) is 34.1 Å². The van der Waals surface area contributed by atoms with Crippen molar-refractivity contribution in [3.05, 3.63) is 66.1 Å². The average molecular weight is 424 g/mol. The van der Waals surface area contributed by atoms with Crippen LogP contribution < -0.4 is 15.8 Å². The number of H-pyrrole nitrogens is 1. The molecular weight excluding hydrogens is 404 g/mol. The molecule has 0 unspecified atom stereocenters. The Balaban J connectivity index is 1.84. The number of nitrogens with two attached hydrogens (primary N) is 1. The number of fused-ring (bicyclic) bond motifs is 1. The SMILES string of the molecule is CNc1cc(-c2c[nH]c3ncc(-c4cc(/C=C(\C#N)C(N)=O)cc(OC)c4)cc23)ccn1. The summed E-state index contributed by atoms with van der Waals surface area (Å²) in [7, 11) is 3.38. The number of amides is 1. The number of anilines is 1. The van der Waals surface area contributed by atoms with Gasteiger partial charge in [-0.1, -0.05) is 0 Å². The fraction of sp³-hybridized carbons (Fsp3) is 0.0833. The van der Waals surface area contributed by atoms with E-state index >= 15 is 0 Å². The third kappa shape index (κ3) is 4.00. The number of nitrogens with zero attached hydrogens (tertiary/aromatic N) is 3. The standard InChI is InChI=1S/C24H20N6O2/c1-27-22-10-15(3-4-28-22)21-13-30-24-20(21)9-18(12-29-24)16-5-14(7-19(8-16)32-2)6-17(11-25)23(26)31/h3-10,12-13H,1-2H3,(H2,26,31)(H,27,28)(H,29,30)/b17-6+. The molecule has 0 saturated carbocycles. The van der Waals surface area contributed by atoms with E-state index in [1.54, 1.807) is 25.6 Å². The van der Waals surface area contributed by atoms with Crippen molar-refractivity contribution < 1.29 is 9.53 Å². The second-order valence-electron chi connectivity index (χ2n) is 7.03. The highest BCUT2D eigenvalue weighted by atomic mass is 16.5. The van der Waals surface area contributed by atoms with E-state index in [1.165, 1.54) is 6.08 Å². The van der Waals surface area contributed by atoms with Crippen molar-refractivity contribution in [1.29, 1.82) is 5.26 Å². The molecular formula is C24H20N6O2. The average Bonchev–Trinajstić information content (AvgIpc) is 3.25. The van der Waals surface area contributed by atoms with E-state index in [0.717, 1.165) is 39.1 Å². The number of aromatic amines is 1. The molecule has 0 aliphatic heterocycles. The van der Waals surface area contributed by atoms with Crippen molar-refractivity contribution >= 4 is 28.8 Å². The van der Waals surface area contributed by atoms with Crippen LogP contribution in [-0.2, 0) is 4.79 Å². The molecule has 4 aromatic rings. The lowest BCUT2D eigenvalue weighted by Gasteiger charge is -2.09. The van der Waals surface area contributed by atoms with Gasteiger partial charge in [0.2, 0.25) is 0 Å². The first-order chi connectivity index (χ1) is 15.5. The Morgan fingerprint density at radius 3 is 2.75 bits per heavy atom. The molecule has 0 aliphatic rings. The van der Waals surface area contributed by atoms with Gasteiger partial charge in [-0.25, -0.2) is 9.97 Å². The lowest BCUT2D eigenvalue weighted by atomic mass is 10.00. The lowest BCUT2D eigenvalue weighted by Crippen LogP contribution is -2.12. The van der Waals surface area contributed by atoms with Crippen LogP contribution in [0.4, 0.5) is 5.82 Å². The molecule has 8 heteroatoms. The highest BCUT2D eigenvalue weighted by Crippen LogP contribution is 2.33. The monoisotopic (exact) mass is 424 g/mol. The topological polar surface area (TPSA) is 130 Å². The summed E-state index contributed by atoms with van der Waals surface area (Å²) in [5, 5.41) is 13.2. The van der Waals surface area contributed by atoms with Crippen molar-refractivity contribution in [3.63, 3.8) is 0 Å². The molecule has 4 rings (SSSR count).